The van der Waals surface area contributed by atoms with E-state index in [1.54, 1.807) is 42.2 Å². The number of hydrogen-bond acceptors (Lipinski definition) is 6. The summed E-state index contributed by atoms with van der Waals surface area (Å²) in [6.07, 6.45) is 0. The Labute approximate surface area is 180 Å². The summed E-state index contributed by atoms with van der Waals surface area (Å²) in [7, 11) is -2.28. The van der Waals surface area contributed by atoms with Gasteiger partial charge in [-0.05, 0) is 30.7 Å². The molecule has 2 aromatic rings. The van der Waals surface area contributed by atoms with Gasteiger partial charge >= 0.3 is 0 Å². The maximum absolute atomic E-state index is 13.3. The van der Waals surface area contributed by atoms with E-state index in [1.807, 2.05) is 0 Å². The Morgan fingerprint density at radius 1 is 1.13 bits per heavy atom. The van der Waals surface area contributed by atoms with Crippen molar-refractivity contribution in [2.24, 2.45) is 0 Å². The summed E-state index contributed by atoms with van der Waals surface area (Å²) in [4.78, 5) is 26.1. The van der Waals surface area contributed by atoms with Crippen molar-refractivity contribution in [2.75, 3.05) is 45.2 Å². The number of fused-ring (bicyclic) bond motifs is 1. The maximum atomic E-state index is 13.3. The number of rotatable bonds is 4. The minimum atomic E-state index is -3.79. The molecule has 0 unspecified atom stereocenters. The van der Waals surface area contributed by atoms with Gasteiger partial charge in [0.1, 0.15) is 11.5 Å². The number of carbonyl (C=O) groups excluding carboxylic acids is 2. The van der Waals surface area contributed by atoms with Crippen LogP contribution < -0.4 is 14.8 Å². The quantitative estimate of drug-likeness (QED) is 0.764. The van der Waals surface area contributed by atoms with Gasteiger partial charge in [0.2, 0.25) is 10.0 Å². The summed E-state index contributed by atoms with van der Waals surface area (Å²) < 4.78 is 38.5. The van der Waals surface area contributed by atoms with Gasteiger partial charge in [-0.1, -0.05) is 12.1 Å². The molecule has 0 aliphatic carbocycles. The molecule has 0 aromatic heterocycles. The first-order chi connectivity index (χ1) is 14.8. The lowest BCUT2D eigenvalue weighted by Gasteiger charge is -2.34. The molecular weight excluding hydrogens is 422 g/mol. The average Bonchev–Trinajstić information content (AvgIpc) is 2.78. The minimum Gasteiger partial charge on any atom is -0.496 e. The van der Waals surface area contributed by atoms with Gasteiger partial charge in [0.15, 0.2) is 6.61 Å². The number of para-hydroxylation sites is 1. The number of carbonyl (C=O) groups is 2. The monoisotopic (exact) mass is 445 g/mol. The molecule has 164 valence electrons. The second kappa shape index (κ2) is 8.20. The zero-order valence-corrected chi connectivity index (χ0v) is 18.1. The molecule has 31 heavy (non-hydrogen) atoms. The molecule has 0 saturated carbocycles. The van der Waals surface area contributed by atoms with Crippen LogP contribution in [0.15, 0.2) is 41.3 Å². The van der Waals surface area contributed by atoms with Gasteiger partial charge in [0, 0.05) is 32.2 Å². The number of piperazine rings is 1. The lowest BCUT2D eigenvalue weighted by molar-refractivity contribution is -0.118. The fourth-order valence-corrected chi connectivity index (χ4v) is 5.40. The largest absolute Gasteiger partial charge is 0.496 e. The minimum absolute atomic E-state index is 0.131. The van der Waals surface area contributed by atoms with Gasteiger partial charge < -0.3 is 19.7 Å². The summed E-state index contributed by atoms with van der Waals surface area (Å²) in [5, 5.41) is 2.68. The van der Waals surface area contributed by atoms with Crippen LogP contribution in [0.3, 0.4) is 0 Å². The first-order valence-corrected chi connectivity index (χ1v) is 11.2. The molecule has 9 nitrogen and oxygen atoms in total. The van der Waals surface area contributed by atoms with Crippen molar-refractivity contribution in [3.63, 3.8) is 0 Å². The molecule has 0 bridgehead atoms. The van der Waals surface area contributed by atoms with Crippen LogP contribution in [-0.4, -0.2) is 69.3 Å². The Balaban J connectivity index is 1.51. The highest BCUT2D eigenvalue weighted by Gasteiger charge is 2.33. The van der Waals surface area contributed by atoms with E-state index in [1.165, 1.54) is 17.5 Å². The normalized spacial score (nSPS) is 16.8. The third-order valence-corrected chi connectivity index (χ3v) is 7.43. The molecule has 2 aromatic carbocycles. The Kier molecular flexibility index (Phi) is 5.59. The van der Waals surface area contributed by atoms with Crippen LogP contribution >= 0.6 is 0 Å². The summed E-state index contributed by atoms with van der Waals surface area (Å²) in [5.41, 5.74) is 1.42. The van der Waals surface area contributed by atoms with Crippen molar-refractivity contribution in [3.8, 4) is 11.5 Å². The number of ether oxygens (including phenoxy) is 2. The summed E-state index contributed by atoms with van der Waals surface area (Å²) in [6, 6.07) is 10.0. The van der Waals surface area contributed by atoms with E-state index >= 15 is 0 Å². The zero-order valence-electron chi connectivity index (χ0n) is 17.3. The number of amides is 2. The van der Waals surface area contributed by atoms with Crippen LogP contribution in [-0.2, 0) is 14.8 Å². The topological polar surface area (TPSA) is 105 Å². The average molecular weight is 445 g/mol. The Morgan fingerprint density at radius 3 is 2.55 bits per heavy atom. The van der Waals surface area contributed by atoms with E-state index in [0.717, 1.165) is 0 Å². The van der Waals surface area contributed by atoms with E-state index in [2.05, 4.69) is 5.32 Å². The second-order valence-corrected chi connectivity index (χ2v) is 9.25. The molecule has 1 fully saturated rings. The molecular formula is C21H23N3O6S. The van der Waals surface area contributed by atoms with Crippen molar-refractivity contribution in [1.82, 2.24) is 9.21 Å². The second-order valence-electron chi connectivity index (χ2n) is 7.35. The molecule has 1 saturated heterocycles. The lowest BCUT2D eigenvalue weighted by atomic mass is 10.1. The fraction of sp³-hybridized carbons (Fsp3) is 0.333. The van der Waals surface area contributed by atoms with Crippen molar-refractivity contribution >= 4 is 27.5 Å². The summed E-state index contributed by atoms with van der Waals surface area (Å²) in [5.74, 6) is 0.343. The van der Waals surface area contributed by atoms with Crippen molar-refractivity contribution in [1.29, 1.82) is 0 Å². The number of benzene rings is 2. The van der Waals surface area contributed by atoms with E-state index in [-0.39, 0.29) is 49.5 Å². The van der Waals surface area contributed by atoms with E-state index in [4.69, 9.17) is 9.47 Å². The highest BCUT2D eigenvalue weighted by Crippen LogP contribution is 2.34. The predicted octanol–water partition coefficient (Wildman–Crippen LogP) is 1.48. The Bertz CT molecular complexity index is 1140. The molecule has 10 heteroatoms. The van der Waals surface area contributed by atoms with Crippen LogP contribution in [0, 0.1) is 6.92 Å². The molecule has 0 radical (unpaired) electrons. The summed E-state index contributed by atoms with van der Waals surface area (Å²) in [6.45, 7) is 2.42. The van der Waals surface area contributed by atoms with Gasteiger partial charge in [-0.2, -0.15) is 4.31 Å². The number of aryl methyl sites for hydroxylation is 1. The molecule has 2 heterocycles. The predicted molar refractivity (Wildman–Crippen MR) is 113 cm³/mol. The number of nitrogens with zero attached hydrogens (tertiary/aromatic N) is 2. The van der Waals surface area contributed by atoms with E-state index in [0.29, 0.717) is 28.3 Å². The van der Waals surface area contributed by atoms with E-state index < -0.39 is 10.0 Å². The molecule has 4 rings (SSSR count). The molecule has 2 aliphatic heterocycles. The first kappa shape index (κ1) is 21.1. The standard InChI is InChI=1S/C21H23N3O6S/c1-14-11-16-18(30-13-20(25)22-16)12-19(14)31(27,28)24-9-7-23(8-10-24)21(26)15-5-3-4-6-17(15)29-2/h3-6,11-12H,7-10,13H2,1-2H3,(H,22,25). The zero-order chi connectivity index (χ0) is 22.2. The number of hydrogen-bond donors (Lipinski definition) is 1. The highest BCUT2D eigenvalue weighted by molar-refractivity contribution is 7.89. The van der Waals surface area contributed by atoms with Crippen molar-refractivity contribution < 1.29 is 27.5 Å². The van der Waals surface area contributed by atoms with Gasteiger partial charge in [0.05, 0.1) is 23.3 Å². The van der Waals surface area contributed by atoms with Gasteiger partial charge in [-0.15, -0.1) is 0 Å². The Morgan fingerprint density at radius 2 is 1.84 bits per heavy atom. The van der Waals surface area contributed by atoms with Crippen LogP contribution in [0.5, 0.6) is 11.5 Å². The van der Waals surface area contributed by atoms with Crippen molar-refractivity contribution in [2.45, 2.75) is 11.8 Å². The summed E-state index contributed by atoms with van der Waals surface area (Å²) >= 11 is 0. The first-order valence-electron chi connectivity index (χ1n) is 9.81. The van der Waals surface area contributed by atoms with Crippen LogP contribution in [0.4, 0.5) is 5.69 Å². The molecule has 0 atom stereocenters. The molecule has 1 N–H and O–H groups in total. The number of anilines is 1. The third-order valence-electron chi connectivity index (χ3n) is 5.39. The van der Waals surface area contributed by atoms with E-state index in [9.17, 15) is 18.0 Å². The fourth-order valence-electron chi connectivity index (χ4n) is 3.76. The SMILES string of the molecule is COc1ccccc1C(=O)N1CCN(S(=O)(=O)c2cc3c(cc2C)NC(=O)CO3)CC1. The molecule has 0 spiro atoms. The number of nitrogens with one attached hydrogen (secondary N) is 1. The highest BCUT2D eigenvalue weighted by atomic mass is 32.2. The van der Waals surface area contributed by atoms with Crippen LogP contribution in [0.2, 0.25) is 0 Å². The molecule has 2 aliphatic rings. The van der Waals surface area contributed by atoms with Crippen LogP contribution in [0.25, 0.3) is 0 Å². The molecule has 2 amide bonds. The third kappa shape index (κ3) is 3.96. The Hall–Kier alpha value is -3.11. The van der Waals surface area contributed by atoms with Gasteiger partial charge in [-0.3, -0.25) is 9.59 Å². The number of sulfonamides is 1. The maximum Gasteiger partial charge on any atom is 0.262 e. The number of methoxy groups -OCH3 is 1. The van der Waals surface area contributed by atoms with Crippen LogP contribution in [0.1, 0.15) is 15.9 Å². The smallest absolute Gasteiger partial charge is 0.262 e. The van der Waals surface area contributed by atoms with Gasteiger partial charge in [-0.25, -0.2) is 8.42 Å². The van der Waals surface area contributed by atoms with Gasteiger partial charge in [0.25, 0.3) is 11.8 Å². The lowest BCUT2D eigenvalue weighted by Crippen LogP contribution is -2.50. The van der Waals surface area contributed by atoms with Crippen molar-refractivity contribution in [3.05, 3.63) is 47.5 Å².